The average Bonchev–Trinajstić information content (AvgIpc) is 0.918. The average molecular weight is 205 g/mol. The standard InChI is InChI=1S/CHO.3Ni/c1-2;;;/h1H;;;. The molecule has 0 aliphatic rings. The van der Waals surface area contributed by atoms with Gasteiger partial charge in [-0.25, -0.2) is 0 Å². The minimum Gasteiger partial charge on any atom is 0 e. The second-order valence-corrected chi connectivity index (χ2v) is 0.307. The molecule has 0 fully saturated rings. The van der Waals surface area contributed by atoms with Crippen molar-refractivity contribution in [3.63, 3.8) is 0 Å². The van der Waals surface area contributed by atoms with Crippen molar-refractivity contribution in [3.8, 4) is 0 Å². The molecule has 5 heavy (non-hydrogen) atoms. The summed E-state index contributed by atoms with van der Waals surface area (Å²) in [5.41, 5.74) is 0. The third-order valence-corrected chi connectivity index (χ3v) is 0. The van der Waals surface area contributed by atoms with E-state index in [0.29, 0.717) is 5.26 Å². The second kappa shape index (κ2) is 19.2. The summed E-state index contributed by atoms with van der Waals surface area (Å²) in [6.45, 7) is 0. The predicted molar refractivity (Wildman–Crippen MR) is 6.75 cm³/mol. The largest absolute Gasteiger partial charge is 0 e. The van der Waals surface area contributed by atoms with Crippen LogP contribution in [0.1, 0.15) is 0 Å². The van der Waals surface area contributed by atoms with Crippen molar-refractivity contribution in [2.75, 3.05) is 0 Å². The van der Waals surface area contributed by atoms with Crippen molar-refractivity contribution >= 4 is 5.26 Å². The van der Waals surface area contributed by atoms with Crippen molar-refractivity contribution in [1.29, 1.82) is 0 Å². The minimum absolute atomic E-state index is 0. The summed E-state index contributed by atoms with van der Waals surface area (Å²) in [5, 5.41) is 0.375. The van der Waals surface area contributed by atoms with Gasteiger partial charge < -0.3 is 0 Å². The van der Waals surface area contributed by atoms with Crippen LogP contribution in [-0.4, -0.2) is 5.26 Å². The van der Waals surface area contributed by atoms with Gasteiger partial charge in [0.1, 0.15) is 0 Å². The first-order chi connectivity index (χ1) is 1.41. The van der Waals surface area contributed by atoms with Gasteiger partial charge in [-0.15, -0.1) is 0 Å². The molecule has 0 unspecified atom stereocenters. The van der Waals surface area contributed by atoms with Crippen LogP contribution in [0.4, 0.5) is 0 Å². The van der Waals surface area contributed by atoms with Crippen LogP contribution in [0.3, 0.4) is 0 Å². The molecule has 1 nitrogen and oxygen atoms in total. The monoisotopic (exact) mass is 203 g/mol. The van der Waals surface area contributed by atoms with E-state index in [1.807, 2.05) is 0 Å². The minimum atomic E-state index is 0. The Morgan fingerprint density at radius 1 is 1.40 bits per heavy atom. The van der Waals surface area contributed by atoms with Crippen LogP contribution < -0.4 is 0 Å². The number of rotatable bonds is 0. The fourth-order valence-electron chi connectivity index (χ4n) is 0. The van der Waals surface area contributed by atoms with E-state index in [0.717, 1.165) is 0 Å². The molecular weight excluding hydrogens is 204 g/mol. The zero-order valence-electron chi connectivity index (χ0n) is 1.93. The molecule has 0 saturated carbocycles. The van der Waals surface area contributed by atoms with E-state index in [-0.39, 0.29) is 33.0 Å². The summed E-state index contributed by atoms with van der Waals surface area (Å²) in [5.74, 6) is 0. The molecule has 0 radical (unpaired) electrons. The van der Waals surface area contributed by atoms with Crippen molar-refractivity contribution in [2.45, 2.75) is 0 Å². The zero-order valence-corrected chi connectivity index (χ0v) is 4.90. The van der Waals surface area contributed by atoms with E-state index >= 15 is 0 Å². The van der Waals surface area contributed by atoms with Gasteiger partial charge in [0.25, 0.3) is 0 Å². The molecule has 0 aromatic rings. The van der Waals surface area contributed by atoms with Gasteiger partial charge in [0.05, 0.1) is 0 Å². The predicted octanol–water partition coefficient (Wildman–Crippen LogP) is -0.282. The summed E-state index contributed by atoms with van der Waals surface area (Å²) in [4.78, 5) is 8.64. The van der Waals surface area contributed by atoms with Crippen LogP contribution in [0, 0.1) is 0 Å². The SMILES string of the molecule is O=[CH][Ni].[Ni].[Ni]. The van der Waals surface area contributed by atoms with Gasteiger partial charge in [0.2, 0.25) is 0 Å². The summed E-state index contributed by atoms with van der Waals surface area (Å²) in [6, 6.07) is 0. The molecular formula is CHNi3O. The molecule has 0 aliphatic carbocycles. The Bertz CT molecular complexity index is 14.4. The van der Waals surface area contributed by atoms with E-state index in [2.05, 4.69) is 15.5 Å². The van der Waals surface area contributed by atoms with Crippen LogP contribution in [-0.2, 0) is 53.2 Å². The smallest absolute Gasteiger partial charge is 0 e. The van der Waals surface area contributed by atoms with Crippen LogP contribution in [0.5, 0.6) is 0 Å². The summed E-state index contributed by atoms with van der Waals surface area (Å²) in [6.07, 6.45) is 0. The van der Waals surface area contributed by atoms with E-state index in [1.54, 1.807) is 0 Å². The first kappa shape index (κ1) is 16.4. The Morgan fingerprint density at radius 3 is 1.40 bits per heavy atom. The summed E-state index contributed by atoms with van der Waals surface area (Å²) < 4.78 is 0. The Morgan fingerprint density at radius 2 is 1.40 bits per heavy atom. The van der Waals surface area contributed by atoms with Gasteiger partial charge >= 0.3 is 25.5 Å². The molecule has 0 heterocycles. The Kier molecular flexibility index (Phi) is 63.1. The van der Waals surface area contributed by atoms with Gasteiger partial charge in [-0.1, -0.05) is 0 Å². The third kappa shape index (κ3) is 38.6. The molecule has 0 aliphatic heterocycles. The van der Waals surface area contributed by atoms with Crippen molar-refractivity contribution in [2.24, 2.45) is 0 Å². The van der Waals surface area contributed by atoms with Gasteiger partial charge in [0.15, 0.2) is 0 Å². The van der Waals surface area contributed by atoms with Crippen molar-refractivity contribution in [3.05, 3.63) is 0 Å². The maximum absolute atomic E-state index is 8.64. The Labute approximate surface area is 58.5 Å². The molecule has 0 bridgehead atoms. The van der Waals surface area contributed by atoms with Crippen molar-refractivity contribution < 1.29 is 53.2 Å². The Hall–Kier alpha value is 1.15. The van der Waals surface area contributed by atoms with E-state index < -0.39 is 0 Å². The topological polar surface area (TPSA) is 17.1 Å². The Balaban J connectivity index is -0.0000000200. The van der Waals surface area contributed by atoms with Gasteiger partial charge in [0, 0.05) is 33.0 Å². The molecule has 41 valence electrons. The molecule has 0 N–H and O–H groups in total. The first-order valence-electron chi connectivity index (χ1n) is 0.418. The van der Waals surface area contributed by atoms with Crippen molar-refractivity contribution in [1.82, 2.24) is 0 Å². The normalized spacial score (nSPS) is 2.80. The van der Waals surface area contributed by atoms with E-state index in [9.17, 15) is 0 Å². The maximum atomic E-state index is 8.64. The molecule has 0 amide bonds. The first-order valence-corrected chi connectivity index (χ1v) is 0.988. The van der Waals surface area contributed by atoms with Crippen LogP contribution >= 0.6 is 0 Å². The number of carbonyl (C=O) groups is 1. The summed E-state index contributed by atoms with van der Waals surface area (Å²) in [7, 11) is 0. The van der Waals surface area contributed by atoms with Gasteiger partial charge in [-0.3, -0.25) is 0 Å². The molecule has 0 aromatic heterocycles. The molecule has 0 rings (SSSR count). The molecule has 4 heteroatoms. The molecule has 0 spiro atoms. The number of carbonyl (C=O) groups excluding carboxylic acids is 1. The molecule has 0 aromatic carbocycles. The van der Waals surface area contributed by atoms with Crippen LogP contribution in [0.25, 0.3) is 0 Å². The molecule has 0 saturated heterocycles. The third-order valence-electron chi connectivity index (χ3n) is 0. The zero-order chi connectivity index (χ0) is 2.71. The van der Waals surface area contributed by atoms with E-state index in [4.69, 9.17) is 4.79 Å². The number of hydrogen-bond acceptors (Lipinski definition) is 1. The molecule has 0 atom stereocenters. The fourth-order valence-corrected chi connectivity index (χ4v) is 0. The van der Waals surface area contributed by atoms with Gasteiger partial charge in [-0.2, -0.15) is 0 Å². The summed E-state index contributed by atoms with van der Waals surface area (Å²) >= 11 is 3.49. The fraction of sp³-hybridized carbons (Fsp3) is 0. The number of hydrogen-bond donors (Lipinski definition) is 0. The van der Waals surface area contributed by atoms with E-state index in [1.165, 1.54) is 0 Å². The second-order valence-electron chi connectivity index (χ2n) is 0.0745. The quantitative estimate of drug-likeness (QED) is 0.392. The van der Waals surface area contributed by atoms with Crippen LogP contribution in [0.15, 0.2) is 0 Å². The van der Waals surface area contributed by atoms with Crippen LogP contribution in [0.2, 0.25) is 0 Å². The maximum Gasteiger partial charge on any atom is 0 e. The van der Waals surface area contributed by atoms with Gasteiger partial charge in [-0.05, 0) is 0 Å².